The van der Waals surface area contributed by atoms with Crippen molar-refractivity contribution >= 4 is 147 Å². The molecule has 328 valence electrons. The molecule has 4 heterocycles. The van der Waals surface area contributed by atoms with Gasteiger partial charge in [0.25, 0.3) is 0 Å². The van der Waals surface area contributed by atoms with Gasteiger partial charge in [-0.05, 0) is 98.3 Å². The van der Waals surface area contributed by atoms with Crippen molar-refractivity contribution in [1.82, 2.24) is 0 Å². The zero-order valence-electron chi connectivity index (χ0n) is 36.2. The Morgan fingerprint density at radius 3 is 1.70 bits per heavy atom. The van der Waals surface area contributed by atoms with Gasteiger partial charge in [-0.3, -0.25) is 26.4 Å². The van der Waals surface area contributed by atoms with E-state index in [1.165, 1.54) is 62.6 Å². The van der Waals surface area contributed by atoms with Crippen LogP contribution in [0.5, 0.6) is 0 Å². The fourth-order valence-electron chi connectivity index (χ4n) is 10.3. The number of hydrogen-bond acceptors (Lipinski definition) is 11. The van der Waals surface area contributed by atoms with Crippen molar-refractivity contribution < 1.29 is 10.3 Å². The number of nitriles is 2. The molecular formula is C53H38N6O2S6. The smallest absolute Gasteiger partial charge is 0.194 e. The lowest BCUT2D eigenvalue weighted by molar-refractivity contribution is 0.104. The molecule has 67 heavy (non-hydrogen) atoms. The minimum atomic E-state index is -0.316. The summed E-state index contributed by atoms with van der Waals surface area (Å²) in [4.78, 5) is 18.1. The maximum Gasteiger partial charge on any atom is 0.194 e. The predicted octanol–water partition coefficient (Wildman–Crippen LogP) is 13.4. The Balaban J connectivity index is 0.00000187. The summed E-state index contributed by atoms with van der Waals surface area (Å²) in [6.07, 6.45) is 10.6. The van der Waals surface area contributed by atoms with Crippen molar-refractivity contribution in [3.63, 3.8) is 0 Å². The van der Waals surface area contributed by atoms with Gasteiger partial charge in [0.1, 0.15) is 17.7 Å². The van der Waals surface area contributed by atoms with Crippen LogP contribution in [0.3, 0.4) is 0 Å². The highest BCUT2D eigenvalue weighted by molar-refractivity contribution is 7.59. The lowest BCUT2D eigenvalue weighted by Crippen LogP contribution is -2.18. The summed E-state index contributed by atoms with van der Waals surface area (Å²) in [7, 11) is 0. The second-order valence-electron chi connectivity index (χ2n) is 17.7. The average molecular weight is 983 g/mol. The second-order valence-corrected chi connectivity index (χ2v) is 21.9. The molecule has 5 aliphatic carbocycles. The number of fused-ring (bicyclic) bond motifs is 12. The largest absolute Gasteiger partial charge is 0.412 e. The normalized spacial score (nSPS) is 17.5. The number of carbonyl (C=O) groups is 1. The molecule has 8 nitrogen and oxygen atoms in total. The highest BCUT2D eigenvalue weighted by atomic mass is 32.1. The van der Waals surface area contributed by atoms with E-state index >= 15 is 0 Å². The minimum Gasteiger partial charge on any atom is -0.412 e. The third-order valence-corrected chi connectivity index (χ3v) is 18.4. The molecule has 0 amide bonds. The van der Waals surface area contributed by atoms with Gasteiger partial charge in [-0.2, -0.15) is 37.5 Å². The van der Waals surface area contributed by atoms with Crippen LogP contribution in [0.1, 0.15) is 75.6 Å². The zero-order chi connectivity index (χ0) is 44.3. The molecule has 0 fully saturated rings. The Labute approximate surface area is 415 Å². The number of Topliss-reactive ketones (excluding diaryl/α,β-unsaturated/α-hetero) is 1. The van der Waals surface area contributed by atoms with E-state index in [4.69, 9.17) is 21.6 Å². The number of rotatable bonds is 3. The van der Waals surface area contributed by atoms with E-state index < -0.39 is 0 Å². The summed E-state index contributed by atoms with van der Waals surface area (Å²) in [5.41, 5.74) is 11.0. The third kappa shape index (κ3) is 6.15. The average Bonchev–Trinajstić information content (AvgIpc) is 4.13. The molecule has 0 saturated carbocycles. The van der Waals surface area contributed by atoms with E-state index in [-0.39, 0.29) is 88.6 Å². The topological polar surface area (TPSA) is 192 Å². The zero-order valence-corrected chi connectivity index (χ0v) is 41.4. The fraction of sp³-hybridized carbons (Fsp3) is 0.113. The van der Waals surface area contributed by atoms with Crippen LogP contribution in [0.4, 0.5) is 0 Å². The first-order valence-electron chi connectivity index (χ1n) is 20.6. The van der Waals surface area contributed by atoms with Crippen LogP contribution in [-0.2, 0) is 10.8 Å². The first-order chi connectivity index (χ1) is 30.7. The van der Waals surface area contributed by atoms with Crippen LogP contribution >= 0.6 is 72.3 Å². The van der Waals surface area contributed by atoms with E-state index in [1.807, 2.05) is 53.0 Å². The Bertz CT molecular complexity index is 3840. The van der Waals surface area contributed by atoms with E-state index in [9.17, 15) is 15.3 Å². The van der Waals surface area contributed by atoms with Crippen LogP contribution < -0.4 is 0 Å². The van der Waals surface area contributed by atoms with Crippen molar-refractivity contribution in [1.29, 1.82) is 32.2 Å². The molecule has 0 unspecified atom stereocenters. The lowest BCUT2D eigenvalue weighted by Gasteiger charge is -2.22. The van der Waals surface area contributed by atoms with E-state index in [0.717, 1.165) is 25.4 Å². The third-order valence-electron chi connectivity index (χ3n) is 13.5. The minimum absolute atomic E-state index is 0. The molecule has 0 spiro atoms. The molecule has 3 aromatic carbocycles. The number of carbonyl (C=O) groups excluding carboxylic acids is 1. The molecular weight excluding hydrogens is 945 g/mol. The van der Waals surface area contributed by atoms with Crippen molar-refractivity contribution in [2.75, 3.05) is 0 Å². The molecule has 0 bridgehead atoms. The van der Waals surface area contributed by atoms with Gasteiger partial charge in [-0.1, -0.05) is 76.3 Å². The van der Waals surface area contributed by atoms with Gasteiger partial charge in [0.05, 0.1) is 32.2 Å². The van der Waals surface area contributed by atoms with E-state index in [0.29, 0.717) is 22.3 Å². The van der Waals surface area contributed by atoms with Gasteiger partial charge in [0, 0.05) is 73.2 Å². The number of ketones is 1. The summed E-state index contributed by atoms with van der Waals surface area (Å²) in [6.45, 7) is 9.37. The standard InChI is InChI=1S/C53H32N6OS4.H2O.2H2S/c1-52(2)34-19-37-24(17-39(61-37)29-10-7-11-36(56)45(29)58)15-31(34)48-42(52)50-51(63-48)43-49(64-50)32-16-25-18-40(62-38(25)20-35(32)53(43,3)4)30-13-12-23(44(57)46(30)59)14-33-41(26(21-54)22-55)27-8-5-6-9-28(27)47(33)60;;;/h5-20,56-59H,1-4H3;3*1H2/b33-14-,56-36?,57-44?,58-45?,59-46?;;;. The number of nitrogens with zero attached hydrogens (tertiary/aromatic N) is 2. The van der Waals surface area contributed by atoms with Gasteiger partial charge in [-0.25, -0.2) is 0 Å². The van der Waals surface area contributed by atoms with Gasteiger partial charge in [0.15, 0.2) is 5.78 Å². The molecule has 0 atom stereocenters. The summed E-state index contributed by atoms with van der Waals surface area (Å²) in [5.74, 6) is -0.316. The highest BCUT2D eigenvalue weighted by Crippen LogP contribution is 2.64. The van der Waals surface area contributed by atoms with Crippen LogP contribution in [-0.4, -0.2) is 34.1 Å². The quantitative estimate of drug-likeness (QED) is 0.0779. The molecule has 0 saturated heterocycles. The van der Waals surface area contributed by atoms with Crippen molar-refractivity contribution in [2.24, 2.45) is 0 Å². The summed E-state index contributed by atoms with van der Waals surface area (Å²) in [6, 6.07) is 24.4. The van der Waals surface area contributed by atoms with Crippen molar-refractivity contribution in [3.8, 4) is 33.0 Å². The maximum absolute atomic E-state index is 13.6. The van der Waals surface area contributed by atoms with Gasteiger partial charge < -0.3 is 5.48 Å². The predicted molar refractivity (Wildman–Crippen MR) is 291 cm³/mol. The van der Waals surface area contributed by atoms with Crippen LogP contribution in [0.15, 0.2) is 114 Å². The molecule has 5 aliphatic rings. The molecule has 0 radical (unpaired) electrons. The van der Waals surface area contributed by atoms with Crippen molar-refractivity contribution in [3.05, 3.63) is 157 Å². The molecule has 14 heteroatoms. The molecule has 12 rings (SSSR count). The van der Waals surface area contributed by atoms with Gasteiger partial charge >= 0.3 is 0 Å². The Hall–Kier alpha value is -6.33. The second kappa shape index (κ2) is 15.6. The summed E-state index contributed by atoms with van der Waals surface area (Å²) >= 11 is 7.14. The monoisotopic (exact) mass is 982 g/mol. The number of allylic oxidation sites excluding steroid dienone is 12. The Morgan fingerprint density at radius 1 is 0.642 bits per heavy atom. The van der Waals surface area contributed by atoms with Gasteiger partial charge in [0.2, 0.25) is 0 Å². The number of benzene rings is 3. The lowest BCUT2D eigenvalue weighted by atomic mass is 9.81. The number of thiophene rings is 4. The van der Waals surface area contributed by atoms with Crippen LogP contribution in [0.25, 0.3) is 67.2 Å². The molecule has 0 aliphatic heterocycles. The Morgan fingerprint density at radius 2 is 1.16 bits per heavy atom. The van der Waals surface area contributed by atoms with E-state index in [2.05, 4.69) is 64.1 Å². The first-order valence-corrected chi connectivity index (χ1v) is 23.8. The molecule has 7 aromatic rings. The highest BCUT2D eigenvalue weighted by Gasteiger charge is 2.45. The molecule has 6 N–H and O–H groups in total. The first kappa shape index (κ1) is 45.8. The van der Waals surface area contributed by atoms with Crippen LogP contribution in [0.2, 0.25) is 0 Å². The summed E-state index contributed by atoms with van der Waals surface area (Å²) < 4.78 is 5.04. The SMILES string of the molecule is CC1(C)c2cc3sc(C4=CC=CC(=N)C4=N)cc3cc2-c2sc3c4c(sc3c21)-c1cc2cc(C3=CC=C(/C=C5\C(=O)c6ccccc6C5=C(C#N)C#N)C(=N)C3=N)sc2cc1C4(C)C.O.S.S. The number of nitrogens with one attached hydrogen (secondary N) is 4. The summed E-state index contributed by atoms with van der Waals surface area (Å²) in [5, 5.41) is 56.7. The van der Waals surface area contributed by atoms with Crippen LogP contribution in [0, 0.1) is 44.3 Å². The molecule has 4 aromatic heterocycles. The Kier molecular flexibility index (Phi) is 10.7. The maximum atomic E-state index is 13.6. The van der Waals surface area contributed by atoms with Gasteiger partial charge in [-0.15, -0.1) is 45.3 Å². The fourth-order valence-corrected chi connectivity index (χ4v) is 16.1. The van der Waals surface area contributed by atoms with Crippen molar-refractivity contribution in [2.45, 2.75) is 38.5 Å². The van der Waals surface area contributed by atoms with E-state index in [1.54, 1.807) is 65.2 Å². The number of hydrogen-bond donors (Lipinski definition) is 4.